The van der Waals surface area contributed by atoms with Crippen molar-refractivity contribution >= 4 is 18.3 Å². The van der Waals surface area contributed by atoms with E-state index in [0.717, 1.165) is 39.0 Å². The minimum absolute atomic E-state index is 0. The molecule has 1 amide bonds. The average Bonchev–Trinajstić information content (AvgIpc) is 2.33. The number of hydrogen-bond acceptors (Lipinski definition) is 3. The molecule has 0 spiro atoms. The molecule has 0 radical (unpaired) electrons. The Labute approximate surface area is 111 Å². The minimum Gasteiger partial charge on any atom is -0.340 e. The summed E-state index contributed by atoms with van der Waals surface area (Å²) in [6.45, 7) is 8.22. The SMILES string of the molecule is CCC(CC)(CN)C(=O)N1CCN(C)CC1.Cl. The van der Waals surface area contributed by atoms with Gasteiger partial charge in [-0.25, -0.2) is 0 Å². The number of rotatable bonds is 4. The van der Waals surface area contributed by atoms with E-state index >= 15 is 0 Å². The molecule has 1 aliphatic rings. The first kappa shape index (κ1) is 16.7. The Hall–Kier alpha value is -0.320. The molecule has 0 aliphatic carbocycles. The highest BCUT2D eigenvalue weighted by Crippen LogP contribution is 2.28. The molecule has 0 unspecified atom stereocenters. The zero-order valence-electron chi connectivity index (χ0n) is 11.2. The molecule has 5 heteroatoms. The van der Waals surface area contributed by atoms with Crippen molar-refractivity contribution in [1.82, 2.24) is 9.80 Å². The number of carbonyl (C=O) groups excluding carboxylic acids is 1. The fourth-order valence-electron chi connectivity index (χ4n) is 2.27. The van der Waals surface area contributed by atoms with Gasteiger partial charge in [0.05, 0.1) is 5.41 Å². The third-order valence-electron chi connectivity index (χ3n) is 3.99. The summed E-state index contributed by atoms with van der Waals surface area (Å²) < 4.78 is 0. The van der Waals surface area contributed by atoms with Crippen LogP contribution in [0.2, 0.25) is 0 Å². The Morgan fingerprint density at radius 1 is 1.18 bits per heavy atom. The predicted molar refractivity (Wildman–Crippen MR) is 73.4 cm³/mol. The zero-order chi connectivity index (χ0) is 12.2. The summed E-state index contributed by atoms with van der Waals surface area (Å²) in [6.07, 6.45) is 1.68. The van der Waals surface area contributed by atoms with Gasteiger partial charge < -0.3 is 15.5 Å². The molecule has 1 fully saturated rings. The number of hydrogen-bond donors (Lipinski definition) is 1. The summed E-state index contributed by atoms with van der Waals surface area (Å²) >= 11 is 0. The van der Waals surface area contributed by atoms with E-state index in [9.17, 15) is 4.79 Å². The first-order valence-corrected chi connectivity index (χ1v) is 6.27. The summed E-state index contributed by atoms with van der Waals surface area (Å²) in [5, 5.41) is 0. The van der Waals surface area contributed by atoms with Crippen LogP contribution in [0.15, 0.2) is 0 Å². The molecule has 0 bridgehead atoms. The Bertz CT molecular complexity index is 228. The highest BCUT2D eigenvalue weighted by Gasteiger charge is 2.37. The Morgan fingerprint density at radius 3 is 2.00 bits per heavy atom. The topological polar surface area (TPSA) is 49.6 Å². The Kier molecular flexibility index (Phi) is 7.05. The molecule has 0 saturated carbocycles. The van der Waals surface area contributed by atoms with Crippen molar-refractivity contribution in [3.63, 3.8) is 0 Å². The maximum Gasteiger partial charge on any atom is 0.230 e. The molecule has 4 nitrogen and oxygen atoms in total. The van der Waals surface area contributed by atoms with E-state index in [2.05, 4.69) is 25.8 Å². The van der Waals surface area contributed by atoms with E-state index in [1.165, 1.54) is 0 Å². The van der Waals surface area contributed by atoms with E-state index in [1.54, 1.807) is 0 Å². The maximum absolute atomic E-state index is 12.4. The van der Waals surface area contributed by atoms with Crippen LogP contribution in [-0.2, 0) is 4.79 Å². The predicted octanol–water partition coefficient (Wildman–Crippen LogP) is 0.947. The molecule has 1 saturated heterocycles. The van der Waals surface area contributed by atoms with Gasteiger partial charge in [-0.3, -0.25) is 4.79 Å². The molecule has 102 valence electrons. The van der Waals surface area contributed by atoms with Crippen molar-refractivity contribution in [2.75, 3.05) is 39.8 Å². The number of carbonyl (C=O) groups is 1. The van der Waals surface area contributed by atoms with Gasteiger partial charge in [0, 0.05) is 32.7 Å². The molecule has 17 heavy (non-hydrogen) atoms. The lowest BCUT2D eigenvalue weighted by atomic mass is 9.81. The molecule has 2 N–H and O–H groups in total. The lowest BCUT2D eigenvalue weighted by Gasteiger charge is -2.39. The van der Waals surface area contributed by atoms with Crippen LogP contribution < -0.4 is 5.73 Å². The van der Waals surface area contributed by atoms with Crippen molar-refractivity contribution in [3.8, 4) is 0 Å². The third kappa shape index (κ3) is 3.57. The van der Waals surface area contributed by atoms with Gasteiger partial charge in [0.25, 0.3) is 0 Å². The summed E-state index contributed by atoms with van der Waals surface area (Å²) in [5.41, 5.74) is 5.48. The number of amides is 1. The maximum atomic E-state index is 12.4. The fourth-order valence-corrected chi connectivity index (χ4v) is 2.27. The van der Waals surface area contributed by atoms with Crippen molar-refractivity contribution in [3.05, 3.63) is 0 Å². The van der Waals surface area contributed by atoms with Crippen LogP contribution in [0.25, 0.3) is 0 Å². The van der Waals surface area contributed by atoms with Gasteiger partial charge in [-0.1, -0.05) is 13.8 Å². The van der Waals surface area contributed by atoms with E-state index in [4.69, 9.17) is 5.73 Å². The number of nitrogens with zero attached hydrogens (tertiary/aromatic N) is 2. The second kappa shape index (κ2) is 7.19. The summed E-state index contributed by atoms with van der Waals surface area (Å²) in [7, 11) is 2.09. The third-order valence-corrected chi connectivity index (χ3v) is 3.99. The molecule has 1 aliphatic heterocycles. The van der Waals surface area contributed by atoms with Crippen LogP contribution in [0.5, 0.6) is 0 Å². The molecule has 0 atom stereocenters. The lowest BCUT2D eigenvalue weighted by Crippen LogP contribution is -2.54. The molecule has 0 aromatic carbocycles. The van der Waals surface area contributed by atoms with Crippen LogP contribution in [0.3, 0.4) is 0 Å². The van der Waals surface area contributed by atoms with Gasteiger partial charge in [-0.2, -0.15) is 0 Å². The van der Waals surface area contributed by atoms with Gasteiger partial charge in [-0.15, -0.1) is 12.4 Å². The molecule has 0 aromatic rings. The van der Waals surface area contributed by atoms with E-state index in [-0.39, 0.29) is 23.7 Å². The molecule has 1 rings (SSSR count). The van der Waals surface area contributed by atoms with Crippen molar-refractivity contribution in [2.24, 2.45) is 11.1 Å². The molecule has 1 heterocycles. The monoisotopic (exact) mass is 263 g/mol. The first-order chi connectivity index (χ1) is 7.59. The Balaban J connectivity index is 0.00000256. The second-order valence-corrected chi connectivity index (χ2v) is 4.79. The van der Waals surface area contributed by atoms with Gasteiger partial charge in [0.2, 0.25) is 5.91 Å². The fraction of sp³-hybridized carbons (Fsp3) is 0.917. The van der Waals surface area contributed by atoms with Crippen molar-refractivity contribution in [2.45, 2.75) is 26.7 Å². The van der Waals surface area contributed by atoms with E-state index in [1.807, 2.05) is 4.90 Å². The molecular weight excluding hydrogens is 238 g/mol. The molecular formula is C12H26ClN3O. The number of nitrogens with two attached hydrogens (primary N) is 1. The normalized spacial score (nSPS) is 17.8. The van der Waals surface area contributed by atoms with Crippen LogP contribution in [0.4, 0.5) is 0 Å². The summed E-state index contributed by atoms with van der Waals surface area (Å²) in [4.78, 5) is 16.7. The van der Waals surface area contributed by atoms with Gasteiger partial charge in [-0.05, 0) is 19.9 Å². The standard InChI is InChI=1S/C12H25N3O.ClH/c1-4-12(5-2,10-13)11(16)15-8-6-14(3)7-9-15;/h4-10,13H2,1-3H3;1H. The van der Waals surface area contributed by atoms with Crippen LogP contribution in [0.1, 0.15) is 26.7 Å². The van der Waals surface area contributed by atoms with Gasteiger partial charge in [0.15, 0.2) is 0 Å². The number of likely N-dealkylation sites (N-methyl/N-ethyl adjacent to an activating group) is 1. The average molecular weight is 264 g/mol. The number of piperazine rings is 1. The smallest absolute Gasteiger partial charge is 0.230 e. The van der Waals surface area contributed by atoms with Crippen LogP contribution >= 0.6 is 12.4 Å². The highest BCUT2D eigenvalue weighted by molar-refractivity contribution is 5.85. The second-order valence-electron chi connectivity index (χ2n) is 4.79. The molecule has 0 aromatic heterocycles. The zero-order valence-corrected chi connectivity index (χ0v) is 12.1. The van der Waals surface area contributed by atoms with Gasteiger partial charge in [0.1, 0.15) is 0 Å². The quantitative estimate of drug-likeness (QED) is 0.822. The minimum atomic E-state index is -0.324. The van der Waals surface area contributed by atoms with Gasteiger partial charge >= 0.3 is 0 Å². The first-order valence-electron chi connectivity index (χ1n) is 6.27. The largest absolute Gasteiger partial charge is 0.340 e. The summed E-state index contributed by atoms with van der Waals surface area (Å²) in [5.74, 6) is 0.258. The Morgan fingerprint density at radius 2 is 1.65 bits per heavy atom. The number of halogens is 1. The van der Waals surface area contributed by atoms with Crippen LogP contribution in [0, 0.1) is 5.41 Å². The summed E-state index contributed by atoms with van der Waals surface area (Å²) in [6, 6.07) is 0. The van der Waals surface area contributed by atoms with Crippen LogP contribution in [-0.4, -0.2) is 55.5 Å². The van der Waals surface area contributed by atoms with E-state index < -0.39 is 0 Å². The lowest BCUT2D eigenvalue weighted by molar-refractivity contribution is -0.143. The van der Waals surface area contributed by atoms with E-state index in [0.29, 0.717) is 6.54 Å². The highest BCUT2D eigenvalue weighted by atomic mass is 35.5. The van der Waals surface area contributed by atoms with Crippen molar-refractivity contribution < 1.29 is 4.79 Å². The van der Waals surface area contributed by atoms with Crippen molar-refractivity contribution in [1.29, 1.82) is 0 Å².